The van der Waals surface area contributed by atoms with Crippen molar-refractivity contribution in [2.75, 3.05) is 13.1 Å². The maximum absolute atomic E-state index is 4.52. The Labute approximate surface area is 125 Å². The molecular weight excluding hydrogens is 262 g/mol. The first-order valence-corrected chi connectivity index (χ1v) is 7.43. The first-order valence-electron chi connectivity index (χ1n) is 7.43. The molecule has 5 nitrogen and oxygen atoms in total. The Morgan fingerprint density at radius 1 is 1.19 bits per heavy atom. The van der Waals surface area contributed by atoms with Crippen LogP contribution in [0.2, 0.25) is 0 Å². The predicted molar refractivity (Wildman–Crippen MR) is 86.2 cm³/mol. The molecule has 0 aliphatic rings. The van der Waals surface area contributed by atoms with E-state index in [1.54, 1.807) is 6.20 Å². The molecule has 1 aromatic heterocycles. The van der Waals surface area contributed by atoms with Crippen molar-refractivity contribution in [2.45, 2.75) is 26.3 Å². The minimum atomic E-state index is 0.605. The van der Waals surface area contributed by atoms with Crippen molar-refractivity contribution in [3.8, 4) is 0 Å². The zero-order valence-corrected chi connectivity index (χ0v) is 12.5. The van der Waals surface area contributed by atoms with Crippen molar-refractivity contribution >= 4 is 5.96 Å². The van der Waals surface area contributed by atoms with Crippen molar-refractivity contribution in [3.63, 3.8) is 0 Å². The van der Waals surface area contributed by atoms with Gasteiger partial charge in [-0.3, -0.25) is 5.10 Å². The van der Waals surface area contributed by atoms with Crippen LogP contribution >= 0.6 is 0 Å². The normalized spacial score (nSPS) is 11.4. The number of hydrogen-bond acceptors (Lipinski definition) is 2. The molecule has 0 amide bonds. The summed E-state index contributed by atoms with van der Waals surface area (Å²) < 4.78 is 0. The highest BCUT2D eigenvalue weighted by Gasteiger charge is 1.98. The van der Waals surface area contributed by atoms with Crippen LogP contribution in [0.1, 0.15) is 24.6 Å². The summed E-state index contributed by atoms with van der Waals surface area (Å²) in [5, 5.41) is 13.4. The number of aliphatic imine (C=N–C) groups is 1. The SMILES string of the molecule is CCNC(=NCc1ccn[nH]1)NCCCc1ccccc1. The van der Waals surface area contributed by atoms with E-state index in [9.17, 15) is 0 Å². The van der Waals surface area contributed by atoms with E-state index in [0.29, 0.717) is 6.54 Å². The molecule has 0 radical (unpaired) electrons. The maximum atomic E-state index is 4.52. The third-order valence-corrected chi connectivity index (χ3v) is 3.09. The lowest BCUT2D eigenvalue weighted by atomic mass is 10.1. The second-order valence-electron chi connectivity index (χ2n) is 4.79. The van der Waals surface area contributed by atoms with Crippen LogP contribution in [0.25, 0.3) is 0 Å². The van der Waals surface area contributed by atoms with Gasteiger partial charge in [-0.2, -0.15) is 5.10 Å². The fourth-order valence-electron chi connectivity index (χ4n) is 2.02. The van der Waals surface area contributed by atoms with Crippen molar-refractivity contribution in [2.24, 2.45) is 4.99 Å². The van der Waals surface area contributed by atoms with Gasteiger partial charge < -0.3 is 10.6 Å². The molecule has 0 atom stereocenters. The topological polar surface area (TPSA) is 65.1 Å². The molecule has 5 heteroatoms. The Morgan fingerprint density at radius 3 is 2.76 bits per heavy atom. The Hall–Kier alpha value is -2.30. The summed E-state index contributed by atoms with van der Waals surface area (Å²) in [6, 6.07) is 12.5. The molecule has 0 saturated carbocycles. The van der Waals surface area contributed by atoms with E-state index in [0.717, 1.165) is 37.6 Å². The number of benzene rings is 1. The zero-order chi connectivity index (χ0) is 14.8. The Morgan fingerprint density at radius 2 is 2.05 bits per heavy atom. The molecule has 2 rings (SSSR count). The molecule has 0 bridgehead atoms. The van der Waals surface area contributed by atoms with E-state index >= 15 is 0 Å². The van der Waals surface area contributed by atoms with Gasteiger partial charge in [-0.05, 0) is 31.4 Å². The molecular formula is C16H23N5. The van der Waals surface area contributed by atoms with Crippen molar-refractivity contribution < 1.29 is 0 Å². The van der Waals surface area contributed by atoms with Gasteiger partial charge >= 0.3 is 0 Å². The van der Waals surface area contributed by atoms with E-state index in [1.165, 1.54) is 5.56 Å². The molecule has 0 fully saturated rings. The zero-order valence-electron chi connectivity index (χ0n) is 12.5. The molecule has 0 saturated heterocycles. The fourth-order valence-corrected chi connectivity index (χ4v) is 2.02. The van der Waals surface area contributed by atoms with Crippen LogP contribution in [-0.2, 0) is 13.0 Å². The average Bonchev–Trinajstić information content (AvgIpc) is 3.03. The molecule has 1 heterocycles. The molecule has 0 aliphatic carbocycles. The van der Waals surface area contributed by atoms with E-state index in [4.69, 9.17) is 0 Å². The molecule has 0 aliphatic heterocycles. The molecule has 112 valence electrons. The summed E-state index contributed by atoms with van der Waals surface area (Å²) in [7, 11) is 0. The minimum absolute atomic E-state index is 0.605. The third-order valence-electron chi connectivity index (χ3n) is 3.09. The van der Waals surface area contributed by atoms with Gasteiger partial charge in [0.2, 0.25) is 0 Å². The fraction of sp³-hybridized carbons (Fsp3) is 0.375. The van der Waals surface area contributed by atoms with Crippen LogP contribution in [0.4, 0.5) is 0 Å². The highest BCUT2D eigenvalue weighted by atomic mass is 15.2. The van der Waals surface area contributed by atoms with Gasteiger partial charge in [0.25, 0.3) is 0 Å². The quantitative estimate of drug-likeness (QED) is 0.415. The summed E-state index contributed by atoms with van der Waals surface area (Å²) in [6.45, 7) is 4.43. The van der Waals surface area contributed by atoms with E-state index in [2.05, 4.69) is 57.0 Å². The molecule has 3 N–H and O–H groups in total. The lowest BCUT2D eigenvalue weighted by Gasteiger charge is -2.11. The van der Waals surface area contributed by atoms with Crippen molar-refractivity contribution in [3.05, 3.63) is 53.9 Å². The number of nitrogens with one attached hydrogen (secondary N) is 3. The summed E-state index contributed by atoms with van der Waals surface area (Å²) in [6.07, 6.45) is 3.90. The van der Waals surface area contributed by atoms with Crippen LogP contribution in [0.5, 0.6) is 0 Å². The summed E-state index contributed by atoms with van der Waals surface area (Å²) in [5.74, 6) is 0.847. The lowest BCUT2D eigenvalue weighted by Crippen LogP contribution is -2.37. The number of H-pyrrole nitrogens is 1. The van der Waals surface area contributed by atoms with E-state index in [1.807, 2.05) is 12.1 Å². The highest BCUT2D eigenvalue weighted by molar-refractivity contribution is 5.79. The number of hydrogen-bond donors (Lipinski definition) is 3. The Balaban J connectivity index is 1.73. The standard InChI is InChI=1S/C16H23N5/c1-2-17-16(19-13-15-10-12-20-21-15)18-11-6-9-14-7-4-3-5-8-14/h3-5,7-8,10,12H,2,6,9,11,13H2,1H3,(H,20,21)(H2,17,18,19). The van der Waals surface area contributed by atoms with Gasteiger partial charge in [0.1, 0.15) is 0 Å². The Kier molecular flexibility index (Phi) is 6.32. The van der Waals surface area contributed by atoms with Gasteiger partial charge in [0, 0.05) is 19.3 Å². The molecule has 2 aromatic rings. The second kappa shape index (κ2) is 8.79. The molecule has 1 aromatic carbocycles. The van der Waals surface area contributed by atoms with Gasteiger partial charge in [0.05, 0.1) is 12.2 Å². The van der Waals surface area contributed by atoms with Gasteiger partial charge in [-0.15, -0.1) is 0 Å². The maximum Gasteiger partial charge on any atom is 0.191 e. The van der Waals surface area contributed by atoms with Crippen molar-refractivity contribution in [1.82, 2.24) is 20.8 Å². The van der Waals surface area contributed by atoms with E-state index < -0.39 is 0 Å². The second-order valence-corrected chi connectivity index (χ2v) is 4.79. The van der Waals surface area contributed by atoms with Crippen LogP contribution in [0, 0.1) is 0 Å². The van der Waals surface area contributed by atoms with Crippen LogP contribution in [0.3, 0.4) is 0 Å². The number of aromatic amines is 1. The number of aryl methyl sites for hydroxylation is 1. The first kappa shape index (κ1) is 15.1. The smallest absolute Gasteiger partial charge is 0.191 e. The first-order chi connectivity index (χ1) is 10.4. The number of guanidine groups is 1. The van der Waals surface area contributed by atoms with Gasteiger partial charge in [-0.25, -0.2) is 4.99 Å². The van der Waals surface area contributed by atoms with Gasteiger partial charge in [-0.1, -0.05) is 30.3 Å². The Bertz CT molecular complexity index is 519. The van der Waals surface area contributed by atoms with Crippen LogP contribution in [0.15, 0.2) is 47.6 Å². The summed E-state index contributed by atoms with van der Waals surface area (Å²) in [5.41, 5.74) is 2.38. The monoisotopic (exact) mass is 285 g/mol. The van der Waals surface area contributed by atoms with Crippen molar-refractivity contribution in [1.29, 1.82) is 0 Å². The number of rotatable bonds is 7. The van der Waals surface area contributed by atoms with Gasteiger partial charge in [0.15, 0.2) is 5.96 Å². The minimum Gasteiger partial charge on any atom is -0.357 e. The highest BCUT2D eigenvalue weighted by Crippen LogP contribution is 2.01. The van der Waals surface area contributed by atoms with E-state index in [-0.39, 0.29) is 0 Å². The summed E-state index contributed by atoms with van der Waals surface area (Å²) in [4.78, 5) is 4.52. The van der Waals surface area contributed by atoms with Crippen LogP contribution < -0.4 is 10.6 Å². The molecule has 0 spiro atoms. The molecule has 0 unspecified atom stereocenters. The average molecular weight is 285 g/mol. The predicted octanol–water partition coefficient (Wildman–Crippen LogP) is 2.10. The number of aromatic nitrogens is 2. The number of nitrogens with zero attached hydrogens (tertiary/aromatic N) is 2. The van der Waals surface area contributed by atoms with Crippen LogP contribution in [-0.4, -0.2) is 29.2 Å². The third kappa shape index (κ3) is 5.69. The summed E-state index contributed by atoms with van der Waals surface area (Å²) >= 11 is 0. The lowest BCUT2D eigenvalue weighted by molar-refractivity contribution is 0.742. The largest absolute Gasteiger partial charge is 0.357 e. The molecule has 21 heavy (non-hydrogen) atoms.